The number of hydrogen-bond acceptors (Lipinski definition) is 5. The fourth-order valence-corrected chi connectivity index (χ4v) is 3.20. The van der Waals surface area contributed by atoms with Crippen molar-refractivity contribution in [2.45, 2.75) is 38.1 Å². The van der Waals surface area contributed by atoms with Crippen LogP contribution in [0.25, 0.3) is 0 Å². The van der Waals surface area contributed by atoms with Gasteiger partial charge in [0.05, 0.1) is 12.0 Å². The number of hydrogen-bond donors (Lipinski definition) is 1. The highest BCUT2D eigenvalue weighted by molar-refractivity contribution is 5.74. The first-order valence-electron chi connectivity index (χ1n) is 7.02. The molecule has 0 aromatic rings. The Hall–Kier alpha value is -0.910. The number of ether oxygens (including phenoxy) is 3. The minimum absolute atomic E-state index is 0.0583. The molecule has 2 bridgehead atoms. The zero-order valence-electron chi connectivity index (χ0n) is 10.9. The Balaban J connectivity index is 1.41. The van der Waals surface area contributed by atoms with Crippen molar-refractivity contribution in [1.82, 2.24) is 0 Å². The van der Waals surface area contributed by atoms with Crippen molar-refractivity contribution in [2.75, 3.05) is 13.4 Å². The van der Waals surface area contributed by atoms with Crippen LogP contribution in [0.5, 0.6) is 0 Å². The van der Waals surface area contributed by atoms with Crippen molar-refractivity contribution in [3.63, 3.8) is 0 Å². The average Bonchev–Trinajstić information content (AvgIpc) is 2.95. The quantitative estimate of drug-likeness (QED) is 0.472. The van der Waals surface area contributed by atoms with E-state index < -0.39 is 6.10 Å². The summed E-state index contributed by atoms with van der Waals surface area (Å²) in [5.41, 5.74) is 0. The lowest BCUT2D eigenvalue weighted by atomic mass is 9.94. The molecule has 1 N–H and O–H groups in total. The number of aliphatic hydroxyl groups is 1. The summed E-state index contributed by atoms with van der Waals surface area (Å²) in [6, 6.07) is 0. The van der Waals surface area contributed by atoms with Crippen LogP contribution in [-0.4, -0.2) is 36.9 Å². The second kappa shape index (κ2) is 5.61. The SMILES string of the molecule is O=C(OCOC1CCCCO1)C1CC2C=CC1C2O. The highest BCUT2D eigenvalue weighted by Gasteiger charge is 2.47. The van der Waals surface area contributed by atoms with Gasteiger partial charge in [-0.2, -0.15) is 0 Å². The highest BCUT2D eigenvalue weighted by Crippen LogP contribution is 2.44. The van der Waals surface area contributed by atoms with Crippen LogP contribution in [0.15, 0.2) is 12.2 Å². The number of fused-ring (bicyclic) bond motifs is 2. The van der Waals surface area contributed by atoms with Crippen molar-refractivity contribution in [3.8, 4) is 0 Å². The lowest BCUT2D eigenvalue weighted by Crippen LogP contribution is -2.28. The fraction of sp³-hybridized carbons (Fsp3) is 0.786. The van der Waals surface area contributed by atoms with Gasteiger partial charge < -0.3 is 19.3 Å². The predicted molar refractivity (Wildman–Crippen MR) is 65.9 cm³/mol. The van der Waals surface area contributed by atoms with E-state index in [-0.39, 0.29) is 36.8 Å². The minimum atomic E-state index is -0.417. The predicted octanol–water partition coefficient (Wildman–Crippen LogP) is 1.21. The van der Waals surface area contributed by atoms with E-state index in [4.69, 9.17) is 14.2 Å². The Morgan fingerprint density at radius 2 is 2.26 bits per heavy atom. The number of carbonyl (C=O) groups excluding carboxylic acids is 1. The molecule has 1 saturated heterocycles. The van der Waals surface area contributed by atoms with E-state index in [1.165, 1.54) is 0 Å². The van der Waals surface area contributed by atoms with E-state index in [0.29, 0.717) is 13.0 Å². The van der Waals surface area contributed by atoms with Gasteiger partial charge in [0, 0.05) is 18.4 Å². The largest absolute Gasteiger partial charge is 0.438 e. The van der Waals surface area contributed by atoms with Crippen LogP contribution < -0.4 is 0 Å². The molecule has 5 heteroatoms. The monoisotopic (exact) mass is 268 g/mol. The second-order valence-corrected chi connectivity index (χ2v) is 5.50. The van der Waals surface area contributed by atoms with Crippen molar-refractivity contribution in [1.29, 1.82) is 0 Å². The molecule has 0 aromatic carbocycles. The van der Waals surface area contributed by atoms with Gasteiger partial charge in [-0.1, -0.05) is 12.2 Å². The van der Waals surface area contributed by atoms with Gasteiger partial charge in [0.1, 0.15) is 0 Å². The summed E-state index contributed by atoms with van der Waals surface area (Å²) in [6.45, 7) is 0.652. The van der Waals surface area contributed by atoms with E-state index in [9.17, 15) is 9.90 Å². The first kappa shape index (κ1) is 13.1. The number of rotatable bonds is 4. The van der Waals surface area contributed by atoms with Gasteiger partial charge in [0.15, 0.2) is 13.1 Å². The van der Waals surface area contributed by atoms with Crippen LogP contribution in [0, 0.1) is 17.8 Å². The molecule has 1 aliphatic heterocycles. The number of esters is 1. The van der Waals surface area contributed by atoms with Gasteiger partial charge in [-0.05, 0) is 25.7 Å². The lowest BCUT2D eigenvalue weighted by Gasteiger charge is -2.23. The molecular formula is C14H20O5. The first-order chi connectivity index (χ1) is 9.25. The zero-order chi connectivity index (χ0) is 13.2. The number of aliphatic hydroxyl groups excluding tert-OH is 1. The topological polar surface area (TPSA) is 65.0 Å². The highest BCUT2D eigenvalue weighted by atomic mass is 16.8. The molecule has 0 spiro atoms. The summed E-state index contributed by atoms with van der Waals surface area (Å²) >= 11 is 0. The van der Waals surface area contributed by atoms with Crippen molar-refractivity contribution in [3.05, 3.63) is 12.2 Å². The van der Waals surface area contributed by atoms with Gasteiger partial charge in [-0.3, -0.25) is 4.79 Å². The van der Waals surface area contributed by atoms with Crippen molar-refractivity contribution < 1.29 is 24.1 Å². The summed E-state index contributed by atoms with van der Waals surface area (Å²) in [6.07, 6.45) is 6.94. The van der Waals surface area contributed by atoms with E-state index in [0.717, 1.165) is 19.3 Å². The zero-order valence-corrected chi connectivity index (χ0v) is 10.9. The molecule has 0 aromatic heterocycles. The lowest BCUT2D eigenvalue weighted by molar-refractivity contribution is -0.212. The molecule has 3 aliphatic rings. The van der Waals surface area contributed by atoms with Crippen LogP contribution >= 0.6 is 0 Å². The second-order valence-electron chi connectivity index (χ2n) is 5.50. The summed E-state index contributed by atoms with van der Waals surface area (Å²) in [7, 11) is 0. The van der Waals surface area contributed by atoms with Crippen LogP contribution in [0.4, 0.5) is 0 Å². The Morgan fingerprint density at radius 1 is 1.37 bits per heavy atom. The molecule has 5 nitrogen and oxygen atoms in total. The molecule has 2 fully saturated rings. The third kappa shape index (κ3) is 2.68. The minimum Gasteiger partial charge on any atom is -0.438 e. The number of carbonyl (C=O) groups is 1. The fourth-order valence-electron chi connectivity index (χ4n) is 3.20. The van der Waals surface area contributed by atoms with Gasteiger partial charge >= 0.3 is 5.97 Å². The molecule has 1 heterocycles. The van der Waals surface area contributed by atoms with Crippen LogP contribution in [-0.2, 0) is 19.0 Å². The van der Waals surface area contributed by atoms with E-state index in [1.54, 1.807) is 0 Å². The van der Waals surface area contributed by atoms with Crippen molar-refractivity contribution in [2.24, 2.45) is 17.8 Å². The van der Waals surface area contributed by atoms with Gasteiger partial charge in [0.2, 0.25) is 0 Å². The molecule has 5 unspecified atom stereocenters. The summed E-state index contributed by atoms with van der Waals surface area (Å²) < 4.78 is 15.9. The Morgan fingerprint density at radius 3 is 2.89 bits per heavy atom. The molecule has 1 saturated carbocycles. The maximum Gasteiger partial charge on any atom is 0.311 e. The van der Waals surface area contributed by atoms with E-state index in [2.05, 4.69) is 0 Å². The Bertz CT molecular complexity index is 361. The van der Waals surface area contributed by atoms with Crippen LogP contribution in [0.3, 0.4) is 0 Å². The molecular weight excluding hydrogens is 248 g/mol. The summed E-state index contributed by atoms with van der Waals surface area (Å²) in [4.78, 5) is 11.9. The molecule has 19 heavy (non-hydrogen) atoms. The first-order valence-corrected chi connectivity index (χ1v) is 7.02. The smallest absolute Gasteiger partial charge is 0.311 e. The molecule has 5 atom stereocenters. The maximum absolute atomic E-state index is 11.9. The van der Waals surface area contributed by atoms with E-state index in [1.807, 2.05) is 12.2 Å². The van der Waals surface area contributed by atoms with E-state index >= 15 is 0 Å². The Labute approximate surface area is 112 Å². The van der Waals surface area contributed by atoms with Gasteiger partial charge in [0.25, 0.3) is 0 Å². The molecule has 0 amide bonds. The van der Waals surface area contributed by atoms with Crippen molar-refractivity contribution >= 4 is 5.97 Å². The summed E-state index contributed by atoms with van der Waals surface area (Å²) in [5, 5.41) is 9.86. The van der Waals surface area contributed by atoms with Gasteiger partial charge in [-0.25, -0.2) is 0 Å². The Kier molecular flexibility index (Phi) is 3.86. The molecule has 0 radical (unpaired) electrons. The van der Waals surface area contributed by atoms with Gasteiger partial charge in [-0.15, -0.1) is 0 Å². The van der Waals surface area contributed by atoms with Crippen LogP contribution in [0.2, 0.25) is 0 Å². The standard InChI is InChI=1S/C14H20O5/c15-13-9-4-5-10(13)11(7-9)14(16)19-8-18-12-3-1-2-6-17-12/h4-5,9-13,15H,1-3,6-8H2. The van der Waals surface area contributed by atoms with Crippen LogP contribution in [0.1, 0.15) is 25.7 Å². The average molecular weight is 268 g/mol. The maximum atomic E-state index is 11.9. The third-order valence-electron chi connectivity index (χ3n) is 4.30. The normalized spacial score (nSPS) is 40.6. The molecule has 106 valence electrons. The third-order valence-corrected chi connectivity index (χ3v) is 4.30. The molecule has 2 aliphatic carbocycles. The molecule has 3 rings (SSSR count). The summed E-state index contributed by atoms with van der Waals surface area (Å²) in [5.74, 6) is -0.457.